The first kappa shape index (κ1) is 12.3. The third kappa shape index (κ3) is 1.63. The molecule has 2 N–H and O–H groups in total. The maximum absolute atomic E-state index is 9.05. The van der Waals surface area contributed by atoms with E-state index in [1.54, 1.807) is 0 Å². The van der Waals surface area contributed by atoms with Crippen molar-refractivity contribution in [1.29, 1.82) is 5.26 Å². The van der Waals surface area contributed by atoms with E-state index < -0.39 is 0 Å². The number of nitrogens with zero attached hydrogens (tertiary/aromatic N) is 5. The molecule has 0 fully saturated rings. The molecule has 2 aromatic heterocycles. The summed E-state index contributed by atoms with van der Waals surface area (Å²) in [5.74, 6) is 0.226. The van der Waals surface area contributed by atoms with Crippen LogP contribution in [0.5, 0.6) is 0 Å². The van der Waals surface area contributed by atoms with Gasteiger partial charge in [0.25, 0.3) is 0 Å². The van der Waals surface area contributed by atoms with E-state index in [-0.39, 0.29) is 11.5 Å². The van der Waals surface area contributed by atoms with Gasteiger partial charge in [0.2, 0.25) is 5.69 Å². The number of hydrogen-bond acceptors (Lipinski definition) is 5. The smallest absolute Gasteiger partial charge is 0.206 e. The Hall–Kier alpha value is -3.46. The van der Waals surface area contributed by atoms with Crippen molar-refractivity contribution >= 4 is 27.6 Å². The van der Waals surface area contributed by atoms with Crippen LogP contribution >= 0.6 is 0 Å². The van der Waals surface area contributed by atoms with Crippen molar-refractivity contribution in [3.05, 3.63) is 54.2 Å². The normalized spacial score (nSPS) is 10.9. The molecule has 0 atom stereocenters. The van der Waals surface area contributed by atoms with Gasteiger partial charge in [0.15, 0.2) is 5.82 Å². The van der Waals surface area contributed by atoms with Gasteiger partial charge in [-0.15, -0.1) is 5.10 Å². The fourth-order valence-electron chi connectivity index (χ4n) is 2.58. The molecule has 0 aliphatic carbocycles. The lowest BCUT2D eigenvalue weighted by molar-refractivity contribution is 0.817. The molecule has 0 saturated heterocycles. The highest BCUT2D eigenvalue weighted by Crippen LogP contribution is 2.30. The van der Waals surface area contributed by atoms with E-state index in [4.69, 9.17) is 11.0 Å². The Kier molecular flexibility index (Phi) is 2.53. The van der Waals surface area contributed by atoms with Crippen molar-refractivity contribution in [2.24, 2.45) is 0 Å². The largest absolute Gasteiger partial charge is 0.381 e. The minimum atomic E-state index is 0.116. The van der Waals surface area contributed by atoms with Gasteiger partial charge in [-0.1, -0.05) is 41.6 Å². The summed E-state index contributed by atoms with van der Waals surface area (Å²) in [7, 11) is 0. The molecule has 4 rings (SSSR count). The molecule has 0 amide bonds. The number of hydrogen-bond donors (Lipinski definition) is 1. The van der Waals surface area contributed by atoms with Crippen LogP contribution in [-0.2, 0) is 0 Å². The number of nitrogens with two attached hydrogens (primary N) is 1. The van der Waals surface area contributed by atoms with Crippen molar-refractivity contribution < 1.29 is 0 Å². The van der Waals surface area contributed by atoms with Gasteiger partial charge >= 0.3 is 0 Å². The first-order chi connectivity index (χ1) is 10.8. The van der Waals surface area contributed by atoms with Gasteiger partial charge in [-0.3, -0.25) is 0 Å². The van der Waals surface area contributed by atoms with Crippen LogP contribution in [0.4, 0.5) is 5.82 Å². The molecule has 0 bridgehead atoms. The number of anilines is 1. The number of nitriles is 1. The Balaban J connectivity index is 2.22. The summed E-state index contributed by atoms with van der Waals surface area (Å²) >= 11 is 0. The van der Waals surface area contributed by atoms with Crippen LogP contribution in [0.15, 0.2) is 48.5 Å². The zero-order chi connectivity index (χ0) is 15.1. The molecule has 6 nitrogen and oxygen atoms in total. The van der Waals surface area contributed by atoms with E-state index in [0.29, 0.717) is 0 Å². The third-order valence-electron chi connectivity index (χ3n) is 3.58. The summed E-state index contributed by atoms with van der Waals surface area (Å²) < 4.78 is 1.50. The molecule has 2 aromatic carbocycles. The summed E-state index contributed by atoms with van der Waals surface area (Å²) in [6.45, 7) is 0. The maximum atomic E-state index is 9.05. The Morgan fingerprint density at radius 3 is 2.09 bits per heavy atom. The predicted octanol–water partition coefficient (Wildman–Crippen LogP) is 2.42. The minimum Gasteiger partial charge on any atom is -0.381 e. The molecule has 0 saturated carbocycles. The van der Waals surface area contributed by atoms with Gasteiger partial charge in [0.05, 0.1) is 16.7 Å². The highest BCUT2D eigenvalue weighted by molar-refractivity contribution is 6.03. The molecular formula is C16H10N6. The number of para-hydroxylation sites is 2. The molecule has 2 heterocycles. The molecule has 0 unspecified atom stereocenters. The standard InChI is InChI=1S/C16H10N6/c17-9-14-16(18)22(21-20-14)15-10-5-1-3-7-12(10)19-13-8-4-2-6-11(13)15/h1-8H,18H2. The van der Waals surface area contributed by atoms with Gasteiger partial charge in [0.1, 0.15) is 6.07 Å². The van der Waals surface area contributed by atoms with E-state index in [0.717, 1.165) is 27.5 Å². The number of fused-ring (bicyclic) bond motifs is 2. The van der Waals surface area contributed by atoms with Gasteiger partial charge in [-0.25, -0.2) is 4.98 Å². The van der Waals surface area contributed by atoms with E-state index in [2.05, 4.69) is 15.3 Å². The van der Waals surface area contributed by atoms with E-state index >= 15 is 0 Å². The number of benzene rings is 2. The number of aromatic nitrogens is 4. The summed E-state index contributed by atoms with van der Waals surface area (Å²) in [6, 6.07) is 17.4. The Labute approximate surface area is 125 Å². The number of nitrogen functional groups attached to an aromatic ring is 1. The van der Waals surface area contributed by atoms with Crippen LogP contribution in [0.1, 0.15) is 5.69 Å². The van der Waals surface area contributed by atoms with Crippen molar-refractivity contribution in [1.82, 2.24) is 20.0 Å². The number of pyridine rings is 1. The van der Waals surface area contributed by atoms with E-state index in [1.165, 1.54) is 4.68 Å². The zero-order valence-electron chi connectivity index (χ0n) is 11.4. The summed E-state index contributed by atoms with van der Waals surface area (Å²) in [5.41, 5.74) is 8.60. The first-order valence-electron chi connectivity index (χ1n) is 6.69. The summed E-state index contributed by atoms with van der Waals surface area (Å²) in [4.78, 5) is 4.65. The molecule has 6 heteroatoms. The zero-order valence-corrected chi connectivity index (χ0v) is 11.4. The molecule has 4 aromatic rings. The summed E-state index contributed by atoms with van der Waals surface area (Å²) in [5, 5.41) is 18.7. The monoisotopic (exact) mass is 286 g/mol. The lowest BCUT2D eigenvalue weighted by Gasteiger charge is -2.11. The molecule has 0 radical (unpaired) electrons. The van der Waals surface area contributed by atoms with Crippen LogP contribution < -0.4 is 5.73 Å². The molecule has 104 valence electrons. The van der Waals surface area contributed by atoms with Crippen LogP contribution in [0.3, 0.4) is 0 Å². The molecule has 0 aliphatic heterocycles. The fraction of sp³-hybridized carbons (Fsp3) is 0. The average Bonchev–Trinajstić information content (AvgIpc) is 2.93. The maximum Gasteiger partial charge on any atom is 0.206 e. The van der Waals surface area contributed by atoms with Gasteiger partial charge in [0, 0.05) is 10.8 Å². The summed E-state index contributed by atoms with van der Waals surface area (Å²) in [6.07, 6.45) is 0. The Morgan fingerprint density at radius 2 is 1.55 bits per heavy atom. The van der Waals surface area contributed by atoms with E-state index in [9.17, 15) is 0 Å². The van der Waals surface area contributed by atoms with Crippen LogP contribution in [0, 0.1) is 11.3 Å². The lowest BCUT2D eigenvalue weighted by atomic mass is 10.1. The topological polar surface area (TPSA) is 93.4 Å². The van der Waals surface area contributed by atoms with E-state index in [1.807, 2.05) is 54.6 Å². The molecule has 0 spiro atoms. The SMILES string of the molecule is N#Cc1nnn(-c2c3ccccc3nc3ccccc23)c1N. The van der Waals surface area contributed by atoms with Crippen LogP contribution in [-0.4, -0.2) is 20.0 Å². The van der Waals surface area contributed by atoms with Gasteiger partial charge in [-0.2, -0.15) is 9.94 Å². The van der Waals surface area contributed by atoms with Crippen molar-refractivity contribution in [2.75, 3.05) is 5.73 Å². The highest BCUT2D eigenvalue weighted by Gasteiger charge is 2.16. The Bertz CT molecular complexity index is 1000. The second-order valence-electron chi connectivity index (χ2n) is 4.84. The van der Waals surface area contributed by atoms with Crippen LogP contribution in [0.25, 0.3) is 27.5 Å². The second kappa shape index (κ2) is 4.53. The minimum absolute atomic E-state index is 0.116. The molecule has 22 heavy (non-hydrogen) atoms. The predicted molar refractivity (Wildman–Crippen MR) is 83.3 cm³/mol. The Morgan fingerprint density at radius 1 is 0.955 bits per heavy atom. The van der Waals surface area contributed by atoms with Crippen molar-refractivity contribution in [3.63, 3.8) is 0 Å². The molecular weight excluding hydrogens is 276 g/mol. The number of rotatable bonds is 1. The molecule has 0 aliphatic rings. The van der Waals surface area contributed by atoms with Crippen molar-refractivity contribution in [2.45, 2.75) is 0 Å². The highest BCUT2D eigenvalue weighted by atomic mass is 15.5. The third-order valence-corrected chi connectivity index (χ3v) is 3.58. The quantitative estimate of drug-likeness (QED) is 0.542. The second-order valence-corrected chi connectivity index (χ2v) is 4.84. The lowest BCUT2D eigenvalue weighted by Crippen LogP contribution is -2.05. The first-order valence-corrected chi connectivity index (χ1v) is 6.69. The van der Waals surface area contributed by atoms with Crippen molar-refractivity contribution in [3.8, 4) is 11.8 Å². The average molecular weight is 286 g/mol. The van der Waals surface area contributed by atoms with Crippen LogP contribution in [0.2, 0.25) is 0 Å². The van der Waals surface area contributed by atoms with Gasteiger partial charge < -0.3 is 5.73 Å². The fourth-order valence-corrected chi connectivity index (χ4v) is 2.58. The van der Waals surface area contributed by atoms with Gasteiger partial charge in [-0.05, 0) is 12.1 Å².